The fourth-order valence-electron chi connectivity index (χ4n) is 17.7. The van der Waals surface area contributed by atoms with Gasteiger partial charge in [0.15, 0.2) is 0 Å². The van der Waals surface area contributed by atoms with E-state index in [2.05, 4.69) is 408 Å². The zero-order valence-electron chi connectivity index (χ0n) is 71.1. The fourth-order valence-corrected chi connectivity index (χ4v) is 23.4. The summed E-state index contributed by atoms with van der Waals surface area (Å²) in [5, 5.41) is 35.5. The van der Waals surface area contributed by atoms with Crippen molar-refractivity contribution in [3.05, 3.63) is 455 Å². The highest BCUT2D eigenvalue weighted by Crippen LogP contribution is 2.47. The molecule has 13 heteroatoms. The highest BCUT2D eigenvalue weighted by molar-refractivity contribution is 7.28. The number of hydrogen-bond donors (Lipinski definition) is 5. The summed E-state index contributed by atoms with van der Waals surface area (Å²) in [6.07, 6.45) is 3.68. The smallest absolute Gasteiger partial charge is 0.143 e. The zero-order chi connectivity index (χ0) is 87.6. The number of nitrogens with zero attached hydrogens (tertiary/aromatic N) is 1. The molecule has 0 aliphatic carbocycles. The van der Waals surface area contributed by atoms with Crippen LogP contribution in [-0.2, 0) is 0 Å². The summed E-state index contributed by atoms with van der Waals surface area (Å²) in [6, 6.07) is 155. The number of hydrogen-bond acceptors (Lipinski definition) is 13. The van der Waals surface area contributed by atoms with Gasteiger partial charge in [-0.05, 0) is 210 Å². The SMILES string of the molecule is c1cc(Nc2ccc3oc4ccccc4c3c2)cc(-c2cccc3c2oc2ccccc23)c1.c1ccc(Nc2cccc3c2sc2c(-c4ccccc4)cccc23)cc1.c1ccc(Nc2cccc3sc4ccccc4c23)cc1.c1ccc2c(c1)sc1ccc(Nc3ccc4sc5ccccc5c4c3)cc12.c1cncc(-c2ccc(Nc3ccc4sc5ccccc5c4c3)cc2)c1. The van der Waals surface area contributed by atoms with Crippen LogP contribution >= 0.6 is 56.7 Å². The first-order chi connectivity index (χ1) is 65.4. The second-order valence-electron chi connectivity index (χ2n) is 32.4. The number of rotatable bonds is 13. The maximum atomic E-state index is 6.25. The van der Waals surface area contributed by atoms with E-state index in [1.807, 2.05) is 130 Å². The summed E-state index contributed by atoms with van der Waals surface area (Å²) in [7, 11) is 0. The lowest BCUT2D eigenvalue weighted by Gasteiger charge is -2.09. The van der Waals surface area contributed by atoms with Gasteiger partial charge in [-0.1, -0.05) is 261 Å². The molecule has 0 saturated heterocycles. The Hall–Kier alpha value is -16.0. The van der Waals surface area contributed by atoms with E-state index < -0.39 is 0 Å². The molecule has 0 aliphatic heterocycles. The molecule has 0 spiro atoms. The van der Waals surface area contributed by atoms with Crippen LogP contribution in [0, 0.1) is 0 Å². The fraction of sp³-hybridized carbons (Fsp3) is 0. The predicted octanol–water partition coefficient (Wildman–Crippen LogP) is 37.2. The maximum Gasteiger partial charge on any atom is 0.143 e. The van der Waals surface area contributed by atoms with Crippen molar-refractivity contribution < 1.29 is 8.83 Å². The number of fused-ring (bicyclic) bond motifs is 21. The summed E-state index contributed by atoms with van der Waals surface area (Å²) in [6.45, 7) is 0. The summed E-state index contributed by atoms with van der Waals surface area (Å²) < 4.78 is 25.5. The van der Waals surface area contributed by atoms with Crippen molar-refractivity contribution in [1.29, 1.82) is 0 Å². The lowest BCUT2D eigenvalue weighted by atomic mass is 10.0. The van der Waals surface area contributed by atoms with Crippen LogP contribution in [0.25, 0.3) is 178 Å². The molecule has 132 heavy (non-hydrogen) atoms. The Kier molecular flexibility index (Phi) is 21.9. The first-order valence-electron chi connectivity index (χ1n) is 43.9. The minimum atomic E-state index is 0.895. The normalized spacial score (nSPS) is 11.3. The van der Waals surface area contributed by atoms with E-state index in [9.17, 15) is 0 Å². The van der Waals surface area contributed by atoms with Crippen LogP contribution in [0.1, 0.15) is 0 Å². The van der Waals surface area contributed by atoms with Crippen LogP contribution in [0.3, 0.4) is 0 Å². The largest absolute Gasteiger partial charge is 0.456 e. The second-order valence-corrected chi connectivity index (χ2v) is 37.7. The molecule has 0 unspecified atom stereocenters. The summed E-state index contributed by atoms with van der Waals surface area (Å²) in [4.78, 5) is 4.19. The average molecular weight is 1790 g/mol. The lowest BCUT2D eigenvalue weighted by Crippen LogP contribution is -1.90. The number of anilines is 10. The van der Waals surface area contributed by atoms with Crippen molar-refractivity contribution in [3.63, 3.8) is 0 Å². The van der Waals surface area contributed by atoms with Crippen LogP contribution in [0.5, 0.6) is 0 Å². The Morgan fingerprint density at radius 1 is 0.189 bits per heavy atom. The van der Waals surface area contributed by atoms with Crippen molar-refractivity contribution >= 4 is 258 Å². The molecule has 0 atom stereocenters. The molecule has 8 heterocycles. The average Bonchev–Trinajstić information content (AvgIpc) is 1.59. The van der Waals surface area contributed by atoms with Gasteiger partial charge in [-0.25, -0.2) is 0 Å². The Labute approximate surface area is 780 Å². The van der Waals surface area contributed by atoms with Crippen molar-refractivity contribution in [1.82, 2.24) is 4.98 Å². The topological polar surface area (TPSA) is 99.3 Å². The molecule has 27 aromatic rings. The van der Waals surface area contributed by atoms with E-state index in [1.54, 1.807) is 6.20 Å². The molecule has 0 radical (unpaired) electrons. The van der Waals surface area contributed by atoms with Crippen LogP contribution in [0.2, 0.25) is 0 Å². The van der Waals surface area contributed by atoms with Crippen molar-refractivity contribution in [3.8, 4) is 33.4 Å². The van der Waals surface area contributed by atoms with Gasteiger partial charge >= 0.3 is 0 Å². The zero-order valence-corrected chi connectivity index (χ0v) is 75.2. The van der Waals surface area contributed by atoms with E-state index >= 15 is 0 Å². The van der Waals surface area contributed by atoms with Crippen molar-refractivity contribution in [2.24, 2.45) is 0 Å². The van der Waals surface area contributed by atoms with Gasteiger partial charge in [0.25, 0.3) is 0 Å². The van der Waals surface area contributed by atoms with Crippen LogP contribution < -0.4 is 26.6 Å². The van der Waals surface area contributed by atoms with Crippen LogP contribution in [-0.4, -0.2) is 4.98 Å². The molecule has 5 N–H and O–H groups in total. The molecule has 8 nitrogen and oxygen atoms in total. The Balaban J connectivity index is 0.0000000943. The maximum absolute atomic E-state index is 6.25. The van der Waals surface area contributed by atoms with Gasteiger partial charge in [-0.2, -0.15) is 0 Å². The molecule has 19 aromatic carbocycles. The monoisotopic (exact) mass is 1780 g/mol. The number of furan rings is 2. The van der Waals surface area contributed by atoms with E-state index in [1.165, 1.54) is 123 Å². The number of aromatic nitrogens is 1. The Morgan fingerprint density at radius 2 is 0.568 bits per heavy atom. The van der Waals surface area contributed by atoms with Gasteiger partial charge in [-0.3, -0.25) is 4.98 Å². The van der Waals surface area contributed by atoms with Crippen molar-refractivity contribution in [2.75, 3.05) is 26.6 Å². The lowest BCUT2D eigenvalue weighted by molar-refractivity contribution is 0.669. The molecule has 27 rings (SSSR count). The van der Waals surface area contributed by atoms with Gasteiger partial charge in [0.2, 0.25) is 0 Å². The van der Waals surface area contributed by atoms with Gasteiger partial charge in [-0.15, -0.1) is 56.7 Å². The second kappa shape index (κ2) is 35.9. The highest BCUT2D eigenvalue weighted by atomic mass is 32.1. The van der Waals surface area contributed by atoms with Gasteiger partial charge in [0.05, 0.1) is 10.4 Å². The van der Waals surface area contributed by atoms with E-state index in [4.69, 9.17) is 8.83 Å². The third-order valence-corrected chi connectivity index (χ3v) is 29.8. The first kappa shape index (κ1) is 80.6. The molecule has 0 amide bonds. The number of thiophene rings is 5. The highest BCUT2D eigenvalue weighted by Gasteiger charge is 2.18. The molecule has 8 aromatic heterocycles. The van der Waals surface area contributed by atoms with E-state index in [-0.39, 0.29) is 0 Å². The number of nitrogens with one attached hydrogen (secondary N) is 5. The quantitative estimate of drug-likeness (QED) is 0.0779. The van der Waals surface area contributed by atoms with Gasteiger partial charge in [0, 0.05) is 187 Å². The predicted molar refractivity (Wildman–Crippen MR) is 574 cm³/mol. The third-order valence-electron chi connectivity index (χ3n) is 23.9. The minimum absolute atomic E-state index is 0.895. The summed E-state index contributed by atoms with van der Waals surface area (Å²) >= 11 is 9.26. The molecule has 628 valence electrons. The number of para-hydroxylation sites is 5. The Bertz CT molecular complexity index is 8790. The Morgan fingerprint density at radius 3 is 1.17 bits per heavy atom. The minimum Gasteiger partial charge on any atom is -0.456 e. The van der Waals surface area contributed by atoms with Gasteiger partial charge in [0.1, 0.15) is 22.3 Å². The number of pyridine rings is 1. The van der Waals surface area contributed by atoms with Crippen molar-refractivity contribution in [2.45, 2.75) is 0 Å². The summed E-state index contributed by atoms with van der Waals surface area (Å²) in [5.41, 5.74) is 21.8. The van der Waals surface area contributed by atoms with Crippen LogP contribution in [0.4, 0.5) is 56.9 Å². The standard InChI is InChI=1S/C30H19NO2.C24H15NS2.C24H17NS.C23H16N2S.C18H13NS/c1-4-14-28-23(9-1)25-12-6-11-22(30(25)33-28)19-7-5-8-20(17-19)31-21-15-16-29-26(18-21)24-10-2-3-13-27(24)32-29;1-3-7-21-17(5-1)19-13-15(9-11-23(19)26-21)25-16-10-12-24-20(14-16)18-6-2-4-8-22(18)27-24;1-3-9-17(10-4-1)19-13-7-14-20-21-15-8-16-22(24(21)26-23(19)20)25-18-11-5-2-6-12-18;1-2-6-22-20(5-1)21-14-19(11-12-23(21)26-22)25-18-9-7-16(8-10-18)17-4-3-13-24-15-17;1-2-7-13(8-3-1)19-15-10-6-12-17-18(15)14-9-4-5-11-16(14)20-17/h1-18,31H;1-14,25H;1-16,25H;1-15,25H;1-12,19H. The molecular weight excluding hydrogens is 1710 g/mol. The number of benzene rings is 19. The third kappa shape index (κ3) is 16.4. The summed E-state index contributed by atoms with van der Waals surface area (Å²) in [5.74, 6) is 0. The van der Waals surface area contributed by atoms with E-state index in [0.29, 0.717) is 0 Å². The molecule has 0 fully saturated rings. The first-order valence-corrected chi connectivity index (χ1v) is 48.0. The molecular formula is C119H80N6O2S5. The van der Waals surface area contributed by atoms with Gasteiger partial charge < -0.3 is 35.4 Å². The molecule has 0 aliphatic rings. The van der Waals surface area contributed by atoms with E-state index in [0.717, 1.165) is 112 Å². The molecule has 0 bridgehead atoms. The molecule has 0 saturated carbocycles. The van der Waals surface area contributed by atoms with Crippen LogP contribution in [0.15, 0.2) is 464 Å².